The summed E-state index contributed by atoms with van der Waals surface area (Å²) in [6, 6.07) is 11.8. The molecule has 0 aliphatic rings. The van der Waals surface area contributed by atoms with E-state index >= 15 is 0 Å². The summed E-state index contributed by atoms with van der Waals surface area (Å²) in [5, 5.41) is 15.4. The molecule has 162 valence electrons. The number of carbonyl (C=O) groups is 2. The Labute approximate surface area is 198 Å². The van der Waals surface area contributed by atoms with Crippen molar-refractivity contribution in [2.24, 2.45) is 0 Å². The molecule has 0 fully saturated rings. The van der Waals surface area contributed by atoms with E-state index in [0.29, 0.717) is 38.8 Å². The van der Waals surface area contributed by atoms with Crippen molar-refractivity contribution in [3.63, 3.8) is 0 Å². The van der Waals surface area contributed by atoms with E-state index in [0.717, 1.165) is 0 Å². The largest absolute Gasteiger partial charge is 0.345 e. The average molecular weight is 499 g/mol. The van der Waals surface area contributed by atoms with Crippen molar-refractivity contribution >= 4 is 64.1 Å². The molecule has 31 heavy (non-hydrogen) atoms. The minimum atomic E-state index is -0.303. The molecule has 1 aromatic heterocycles. The molecule has 1 heterocycles. The van der Waals surface area contributed by atoms with Crippen LogP contribution in [0.4, 0.5) is 5.69 Å². The van der Waals surface area contributed by atoms with Crippen LogP contribution in [0.1, 0.15) is 23.1 Å². The molecular formula is C20H18Cl3N5O2S. The highest BCUT2D eigenvalue weighted by Crippen LogP contribution is 2.29. The Morgan fingerprint density at radius 1 is 1.03 bits per heavy atom. The highest BCUT2D eigenvalue weighted by Gasteiger charge is 2.16. The number of amides is 2. The molecule has 0 saturated heterocycles. The number of aromatic nitrogens is 3. The van der Waals surface area contributed by atoms with Gasteiger partial charge in [0.2, 0.25) is 5.91 Å². The maximum Gasteiger partial charge on any atom is 0.253 e. The Morgan fingerprint density at radius 3 is 2.52 bits per heavy atom. The maximum absolute atomic E-state index is 12.4. The predicted molar refractivity (Wildman–Crippen MR) is 124 cm³/mol. The van der Waals surface area contributed by atoms with Crippen molar-refractivity contribution < 1.29 is 9.59 Å². The standard InChI is InChI=1S/C20H18Cl3N5O2S/c1-2-28-16(10-24-19(30)12-6-3-4-7-13(12)21)26-27-20(28)31-11-17(29)25-15-9-5-8-14(22)18(15)23/h3-9H,2,10-11H2,1H3,(H,24,30)(H,25,29). The Morgan fingerprint density at radius 2 is 1.77 bits per heavy atom. The first-order chi connectivity index (χ1) is 14.9. The Balaban J connectivity index is 1.59. The fraction of sp³-hybridized carbons (Fsp3) is 0.200. The van der Waals surface area contributed by atoms with E-state index in [9.17, 15) is 9.59 Å². The van der Waals surface area contributed by atoms with Gasteiger partial charge in [-0.15, -0.1) is 10.2 Å². The molecule has 0 spiro atoms. The van der Waals surface area contributed by atoms with Crippen molar-refractivity contribution in [2.75, 3.05) is 11.1 Å². The van der Waals surface area contributed by atoms with Gasteiger partial charge in [0.25, 0.3) is 5.91 Å². The number of halogens is 3. The predicted octanol–water partition coefficient (Wildman–Crippen LogP) is 4.92. The van der Waals surface area contributed by atoms with Crippen LogP contribution in [0.2, 0.25) is 15.1 Å². The number of carbonyl (C=O) groups excluding carboxylic acids is 2. The normalized spacial score (nSPS) is 10.7. The van der Waals surface area contributed by atoms with Crippen LogP contribution in [0.5, 0.6) is 0 Å². The van der Waals surface area contributed by atoms with Crippen LogP contribution in [0.15, 0.2) is 47.6 Å². The molecule has 2 N–H and O–H groups in total. The minimum absolute atomic E-state index is 0.104. The molecule has 0 atom stereocenters. The van der Waals surface area contributed by atoms with Gasteiger partial charge >= 0.3 is 0 Å². The number of hydrogen-bond acceptors (Lipinski definition) is 5. The van der Waals surface area contributed by atoms with Crippen molar-refractivity contribution in [3.05, 3.63) is 68.9 Å². The van der Waals surface area contributed by atoms with Crippen LogP contribution >= 0.6 is 46.6 Å². The first-order valence-corrected chi connectivity index (χ1v) is 11.3. The molecule has 0 aliphatic carbocycles. The fourth-order valence-electron chi connectivity index (χ4n) is 2.69. The van der Waals surface area contributed by atoms with Crippen LogP contribution < -0.4 is 10.6 Å². The molecule has 3 aromatic rings. The van der Waals surface area contributed by atoms with Gasteiger partial charge in [-0.25, -0.2) is 0 Å². The van der Waals surface area contributed by atoms with Gasteiger partial charge in [0, 0.05) is 6.54 Å². The quantitative estimate of drug-likeness (QED) is 0.430. The van der Waals surface area contributed by atoms with Crippen molar-refractivity contribution in [1.82, 2.24) is 20.1 Å². The topological polar surface area (TPSA) is 88.9 Å². The Bertz CT molecular complexity index is 1110. The van der Waals surface area contributed by atoms with Gasteiger partial charge in [-0.2, -0.15) is 0 Å². The van der Waals surface area contributed by atoms with Crippen LogP contribution in [-0.4, -0.2) is 32.3 Å². The second-order valence-electron chi connectivity index (χ2n) is 6.24. The lowest BCUT2D eigenvalue weighted by molar-refractivity contribution is -0.113. The van der Waals surface area contributed by atoms with Crippen molar-refractivity contribution in [1.29, 1.82) is 0 Å². The summed E-state index contributed by atoms with van der Waals surface area (Å²) in [6.07, 6.45) is 0. The van der Waals surface area contributed by atoms with E-state index in [1.54, 1.807) is 42.5 Å². The van der Waals surface area contributed by atoms with Gasteiger partial charge in [0.05, 0.1) is 38.6 Å². The van der Waals surface area contributed by atoms with E-state index in [1.807, 2.05) is 11.5 Å². The smallest absolute Gasteiger partial charge is 0.253 e. The van der Waals surface area contributed by atoms with Gasteiger partial charge in [-0.3, -0.25) is 9.59 Å². The zero-order valence-corrected chi connectivity index (χ0v) is 19.4. The molecule has 7 nitrogen and oxygen atoms in total. The Kier molecular flexibility index (Phi) is 8.20. The van der Waals surface area contributed by atoms with E-state index in [2.05, 4.69) is 20.8 Å². The molecule has 0 unspecified atom stereocenters. The molecule has 2 aromatic carbocycles. The third-order valence-electron chi connectivity index (χ3n) is 4.19. The number of thioether (sulfide) groups is 1. The third-order valence-corrected chi connectivity index (χ3v) is 6.31. The summed E-state index contributed by atoms with van der Waals surface area (Å²) in [6.45, 7) is 2.68. The molecule has 0 radical (unpaired) electrons. The number of nitrogens with one attached hydrogen (secondary N) is 2. The SMILES string of the molecule is CCn1c(CNC(=O)c2ccccc2Cl)nnc1SCC(=O)Nc1cccc(Cl)c1Cl. The maximum atomic E-state index is 12.4. The van der Waals surface area contributed by atoms with Gasteiger partial charge in [-0.05, 0) is 31.2 Å². The van der Waals surface area contributed by atoms with E-state index in [-0.39, 0.29) is 29.1 Å². The summed E-state index contributed by atoms with van der Waals surface area (Å²) in [5.74, 6) is 0.118. The minimum Gasteiger partial charge on any atom is -0.345 e. The van der Waals surface area contributed by atoms with Crippen molar-refractivity contribution in [2.45, 2.75) is 25.2 Å². The van der Waals surface area contributed by atoms with E-state index in [1.165, 1.54) is 11.8 Å². The lowest BCUT2D eigenvalue weighted by atomic mass is 10.2. The number of benzene rings is 2. The second-order valence-corrected chi connectivity index (χ2v) is 8.38. The van der Waals surface area contributed by atoms with Gasteiger partial charge in [0.15, 0.2) is 11.0 Å². The lowest BCUT2D eigenvalue weighted by Gasteiger charge is -2.10. The van der Waals surface area contributed by atoms with Crippen LogP contribution in [0.3, 0.4) is 0 Å². The van der Waals surface area contributed by atoms with Crippen molar-refractivity contribution in [3.8, 4) is 0 Å². The molecule has 2 amide bonds. The van der Waals surface area contributed by atoms with Crippen LogP contribution in [0, 0.1) is 0 Å². The third kappa shape index (κ3) is 5.92. The second kappa shape index (κ2) is 10.9. The highest BCUT2D eigenvalue weighted by atomic mass is 35.5. The fourth-order valence-corrected chi connectivity index (χ4v) is 4.08. The van der Waals surface area contributed by atoms with E-state index in [4.69, 9.17) is 34.8 Å². The number of anilines is 1. The summed E-state index contributed by atoms with van der Waals surface area (Å²) >= 11 is 19.4. The lowest BCUT2D eigenvalue weighted by Crippen LogP contribution is -2.25. The molecule has 0 saturated carbocycles. The summed E-state index contributed by atoms with van der Waals surface area (Å²) in [7, 11) is 0. The molecule has 11 heteroatoms. The first kappa shape index (κ1) is 23.4. The average Bonchev–Trinajstić information content (AvgIpc) is 3.16. The van der Waals surface area contributed by atoms with Crippen LogP contribution in [0.25, 0.3) is 0 Å². The molecule has 0 bridgehead atoms. The molecular weight excluding hydrogens is 481 g/mol. The van der Waals surface area contributed by atoms with Gasteiger partial charge < -0.3 is 15.2 Å². The Hall–Kier alpha value is -2.26. The van der Waals surface area contributed by atoms with Crippen LogP contribution in [-0.2, 0) is 17.9 Å². The zero-order chi connectivity index (χ0) is 22.4. The molecule has 0 aliphatic heterocycles. The number of nitrogens with zero attached hydrogens (tertiary/aromatic N) is 3. The van der Waals surface area contributed by atoms with Gasteiger partial charge in [0.1, 0.15) is 0 Å². The zero-order valence-electron chi connectivity index (χ0n) is 16.4. The van der Waals surface area contributed by atoms with E-state index < -0.39 is 0 Å². The summed E-state index contributed by atoms with van der Waals surface area (Å²) in [4.78, 5) is 24.7. The number of rotatable bonds is 8. The first-order valence-electron chi connectivity index (χ1n) is 9.22. The summed E-state index contributed by atoms with van der Waals surface area (Å²) in [5.41, 5.74) is 0.831. The monoisotopic (exact) mass is 497 g/mol. The highest BCUT2D eigenvalue weighted by molar-refractivity contribution is 7.99. The molecule has 3 rings (SSSR count). The summed E-state index contributed by atoms with van der Waals surface area (Å²) < 4.78 is 1.83. The number of hydrogen-bond donors (Lipinski definition) is 2. The van der Waals surface area contributed by atoms with Gasteiger partial charge in [-0.1, -0.05) is 64.8 Å².